The minimum atomic E-state index is -0.0618. The van der Waals surface area contributed by atoms with Gasteiger partial charge in [0.2, 0.25) is 0 Å². The fourth-order valence-corrected chi connectivity index (χ4v) is 3.51. The van der Waals surface area contributed by atoms with Gasteiger partial charge in [-0.1, -0.05) is 30.3 Å². The molecule has 4 nitrogen and oxygen atoms in total. The molecule has 128 valence electrons. The first-order valence-corrected chi connectivity index (χ1v) is 8.51. The Morgan fingerprint density at radius 3 is 2.38 bits per heavy atom. The minimum Gasteiger partial charge on any atom is -0.504 e. The molecule has 1 aliphatic heterocycles. The van der Waals surface area contributed by atoms with Gasteiger partial charge in [-0.3, -0.25) is 4.90 Å². The molecule has 4 heteroatoms. The molecule has 2 N–H and O–H groups in total. The van der Waals surface area contributed by atoms with Crippen LogP contribution < -0.4 is 0 Å². The SMILES string of the molecule is CN(C)Cc1ccc([C@@H]2CCCN2Cc2ccc(O)c(O)c2)cc1. The lowest BCUT2D eigenvalue weighted by Gasteiger charge is -2.25. The normalized spacial score (nSPS) is 18.4. The van der Waals surface area contributed by atoms with Gasteiger partial charge in [-0.05, 0) is 62.3 Å². The maximum absolute atomic E-state index is 9.69. The van der Waals surface area contributed by atoms with Crippen molar-refractivity contribution in [1.82, 2.24) is 9.80 Å². The van der Waals surface area contributed by atoms with Crippen molar-refractivity contribution >= 4 is 0 Å². The van der Waals surface area contributed by atoms with Crippen molar-refractivity contribution in [3.63, 3.8) is 0 Å². The van der Waals surface area contributed by atoms with Crippen LogP contribution in [0.15, 0.2) is 42.5 Å². The first-order chi connectivity index (χ1) is 11.5. The molecule has 24 heavy (non-hydrogen) atoms. The molecule has 0 aliphatic carbocycles. The van der Waals surface area contributed by atoms with Crippen LogP contribution in [0.25, 0.3) is 0 Å². The zero-order valence-corrected chi connectivity index (χ0v) is 14.4. The summed E-state index contributed by atoms with van der Waals surface area (Å²) >= 11 is 0. The molecule has 2 aromatic carbocycles. The van der Waals surface area contributed by atoms with Crippen LogP contribution in [0.3, 0.4) is 0 Å². The third kappa shape index (κ3) is 3.89. The van der Waals surface area contributed by atoms with E-state index in [9.17, 15) is 10.2 Å². The Morgan fingerprint density at radius 1 is 1.00 bits per heavy atom. The molecule has 1 saturated heterocycles. The fraction of sp³-hybridized carbons (Fsp3) is 0.400. The van der Waals surface area contributed by atoms with E-state index in [4.69, 9.17) is 0 Å². The predicted molar refractivity (Wildman–Crippen MR) is 96.0 cm³/mol. The van der Waals surface area contributed by atoms with E-state index in [-0.39, 0.29) is 11.5 Å². The van der Waals surface area contributed by atoms with Crippen molar-refractivity contribution < 1.29 is 10.2 Å². The van der Waals surface area contributed by atoms with Crippen LogP contribution in [-0.2, 0) is 13.1 Å². The molecular formula is C20H26N2O2. The van der Waals surface area contributed by atoms with Gasteiger partial charge in [0.1, 0.15) is 0 Å². The number of aromatic hydroxyl groups is 2. The lowest BCUT2D eigenvalue weighted by Crippen LogP contribution is -2.22. The van der Waals surface area contributed by atoms with Crippen molar-refractivity contribution in [2.75, 3.05) is 20.6 Å². The van der Waals surface area contributed by atoms with Gasteiger partial charge in [-0.2, -0.15) is 0 Å². The molecule has 0 unspecified atom stereocenters. The van der Waals surface area contributed by atoms with E-state index < -0.39 is 0 Å². The third-order valence-corrected chi connectivity index (χ3v) is 4.65. The zero-order chi connectivity index (χ0) is 17.1. The van der Waals surface area contributed by atoms with Gasteiger partial charge in [0.15, 0.2) is 11.5 Å². The summed E-state index contributed by atoms with van der Waals surface area (Å²) in [5.41, 5.74) is 3.72. The first-order valence-electron chi connectivity index (χ1n) is 8.51. The minimum absolute atomic E-state index is 0.0451. The largest absolute Gasteiger partial charge is 0.504 e. The highest BCUT2D eigenvalue weighted by molar-refractivity contribution is 5.40. The van der Waals surface area contributed by atoms with Crippen molar-refractivity contribution in [3.8, 4) is 11.5 Å². The molecule has 1 heterocycles. The second-order valence-electron chi connectivity index (χ2n) is 6.93. The molecule has 0 aromatic heterocycles. The summed E-state index contributed by atoms with van der Waals surface area (Å²) in [7, 11) is 4.17. The molecule has 0 bridgehead atoms. The van der Waals surface area contributed by atoms with Gasteiger partial charge in [0.05, 0.1) is 0 Å². The van der Waals surface area contributed by atoms with E-state index in [1.807, 2.05) is 6.07 Å². The summed E-state index contributed by atoms with van der Waals surface area (Å²) in [6, 6.07) is 14.5. The monoisotopic (exact) mass is 326 g/mol. The molecule has 3 rings (SSSR count). The standard InChI is InChI=1S/C20H26N2O2/c1-21(2)13-15-5-8-17(9-6-15)18-4-3-11-22(18)14-16-7-10-19(23)20(24)12-16/h5-10,12,18,23-24H,3-4,11,13-14H2,1-2H3/t18-/m0/s1. The zero-order valence-electron chi connectivity index (χ0n) is 14.4. The molecular weight excluding hydrogens is 300 g/mol. The number of nitrogens with zero attached hydrogens (tertiary/aromatic N) is 2. The summed E-state index contributed by atoms with van der Waals surface area (Å²) in [6.07, 6.45) is 2.35. The number of likely N-dealkylation sites (tertiary alicyclic amines) is 1. The second-order valence-corrected chi connectivity index (χ2v) is 6.93. The number of benzene rings is 2. The average Bonchev–Trinajstić information content (AvgIpc) is 2.99. The van der Waals surface area contributed by atoms with Gasteiger partial charge in [-0.15, -0.1) is 0 Å². The van der Waals surface area contributed by atoms with E-state index >= 15 is 0 Å². The van der Waals surface area contributed by atoms with Gasteiger partial charge < -0.3 is 15.1 Å². The van der Waals surface area contributed by atoms with E-state index in [0.29, 0.717) is 6.04 Å². The average molecular weight is 326 g/mol. The van der Waals surface area contributed by atoms with Crippen molar-refractivity contribution in [1.29, 1.82) is 0 Å². The van der Waals surface area contributed by atoms with Crippen LogP contribution in [0.4, 0.5) is 0 Å². The van der Waals surface area contributed by atoms with Crippen LogP contribution >= 0.6 is 0 Å². The van der Waals surface area contributed by atoms with Crippen molar-refractivity contribution in [3.05, 3.63) is 59.2 Å². The second kappa shape index (κ2) is 7.24. The van der Waals surface area contributed by atoms with E-state index in [1.54, 1.807) is 12.1 Å². The Balaban J connectivity index is 1.71. The molecule has 0 radical (unpaired) electrons. The smallest absolute Gasteiger partial charge is 0.157 e. The molecule has 1 aliphatic rings. The molecule has 2 aromatic rings. The summed E-state index contributed by atoms with van der Waals surface area (Å²) in [5.74, 6) is -0.107. The number of hydrogen-bond acceptors (Lipinski definition) is 4. The molecule has 1 atom stereocenters. The summed E-state index contributed by atoms with van der Waals surface area (Å²) in [6.45, 7) is 2.81. The lowest BCUT2D eigenvalue weighted by atomic mass is 10.0. The van der Waals surface area contributed by atoms with Crippen LogP contribution in [0.5, 0.6) is 11.5 Å². The molecule has 0 saturated carbocycles. The molecule has 0 spiro atoms. The Kier molecular flexibility index (Phi) is 5.07. The van der Waals surface area contributed by atoms with Gasteiger partial charge in [-0.25, -0.2) is 0 Å². The maximum atomic E-state index is 9.69. The quantitative estimate of drug-likeness (QED) is 0.826. The lowest BCUT2D eigenvalue weighted by molar-refractivity contribution is 0.248. The Hall–Kier alpha value is -2.04. The van der Waals surface area contributed by atoms with Gasteiger partial charge in [0.25, 0.3) is 0 Å². The van der Waals surface area contributed by atoms with Crippen molar-refractivity contribution in [2.24, 2.45) is 0 Å². The van der Waals surface area contributed by atoms with Crippen LogP contribution in [0.1, 0.15) is 35.6 Å². The summed E-state index contributed by atoms with van der Waals surface area (Å²) in [5, 5.41) is 19.1. The Morgan fingerprint density at radius 2 is 1.71 bits per heavy atom. The van der Waals surface area contributed by atoms with Gasteiger partial charge in [0, 0.05) is 19.1 Å². The Labute approximate surface area is 144 Å². The number of phenolic OH excluding ortho intramolecular Hbond substituents is 2. The summed E-state index contributed by atoms with van der Waals surface area (Å²) in [4.78, 5) is 4.63. The molecule has 0 amide bonds. The number of phenols is 2. The van der Waals surface area contributed by atoms with Gasteiger partial charge >= 0.3 is 0 Å². The number of rotatable bonds is 5. The third-order valence-electron chi connectivity index (χ3n) is 4.65. The highest BCUT2D eigenvalue weighted by Crippen LogP contribution is 2.34. The van der Waals surface area contributed by atoms with Crippen LogP contribution in [0, 0.1) is 0 Å². The Bertz CT molecular complexity index is 683. The van der Waals surface area contributed by atoms with Crippen molar-refractivity contribution in [2.45, 2.75) is 32.0 Å². The predicted octanol–water partition coefficient (Wildman–Crippen LogP) is 3.50. The van der Waals surface area contributed by atoms with E-state index in [0.717, 1.165) is 31.6 Å². The fourth-order valence-electron chi connectivity index (χ4n) is 3.51. The maximum Gasteiger partial charge on any atom is 0.157 e. The topological polar surface area (TPSA) is 46.9 Å². The first kappa shape index (κ1) is 16.8. The van der Waals surface area contributed by atoms with E-state index in [2.05, 4.69) is 48.2 Å². The number of hydrogen-bond donors (Lipinski definition) is 2. The summed E-state index contributed by atoms with van der Waals surface area (Å²) < 4.78 is 0. The van der Waals surface area contributed by atoms with Crippen LogP contribution in [-0.4, -0.2) is 40.7 Å². The molecule has 1 fully saturated rings. The highest BCUT2D eigenvalue weighted by Gasteiger charge is 2.26. The highest BCUT2D eigenvalue weighted by atomic mass is 16.3. The van der Waals surface area contributed by atoms with Crippen LogP contribution in [0.2, 0.25) is 0 Å². The van der Waals surface area contributed by atoms with E-state index in [1.165, 1.54) is 17.5 Å².